The van der Waals surface area contributed by atoms with Gasteiger partial charge in [-0.2, -0.15) is 15.1 Å². The lowest BCUT2D eigenvalue weighted by Crippen LogP contribution is -2.35. The maximum atomic E-state index is 12.5. The third kappa shape index (κ3) is 5.54. The molecule has 1 saturated carbocycles. The van der Waals surface area contributed by atoms with Crippen molar-refractivity contribution in [3.05, 3.63) is 65.2 Å². The lowest BCUT2D eigenvalue weighted by atomic mass is 9.84. The van der Waals surface area contributed by atoms with Crippen molar-refractivity contribution < 1.29 is 14.3 Å². The molecule has 0 spiro atoms. The summed E-state index contributed by atoms with van der Waals surface area (Å²) >= 11 is 1.34. The highest BCUT2D eigenvalue weighted by molar-refractivity contribution is 8.26. The van der Waals surface area contributed by atoms with Gasteiger partial charge in [0.2, 0.25) is 5.17 Å². The van der Waals surface area contributed by atoms with Gasteiger partial charge in [-0.05, 0) is 78.4 Å². The Balaban J connectivity index is 1.12. The number of ether oxygens (including phenoxy) is 2. The monoisotopic (exact) mass is 502 g/mol. The van der Waals surface area contributed by atoms with Gasteiger partial charge in [-0.15, -0.1) is 0 Å². The van der Waals surface area contributed by atoms with Crippen LogP contribution in [0.4, 0.5) is 0 Å². The molecule has 1 amide bonds. The molecule has 1 fully saturated rings. The van der Waals surface area contributed by atoms with Gasteiger partial charge in [0.05, 0.1) is 5.57 Å². The Morgan fingerprint density at radius 3 is 2.28 bits per heavy atom. The first kappa shape index (κ1) is 24.3. The van der Waals surface area contributed by atoms with Crippen molar-refractivity contribution in [3.63, 3.8) is 0 Å². The number of amides is 1. The first-order chi connectivity index (χ1) is 17.6. The summed E-state index contributed by atoms with van der Waals surface area (Å²) in [7, 11) is 0. The molecule has 2 aromatic rings. The van der Waals surface area contributed by atoms with E-state index in [1.807, 2.05) is 31.2 Å². The van der Waals surface area contributed by atoms with Crippen LogP contribution in [0.25, 0.3) is 6.08 Å². The zero-order valence-electron chi connectivity index (χ0n) is 20.4. The van der Waals surface area contributed by atoms with Gasteiger partial charge in [-0.3, -0.25) is 10.2 Å². The van der Waals surface area contributed by atoms with E-state index in [0.717, 1.165) is 22.8 Å². The molecule has 0 saturated heterocycles. The number of benzene rings is 2. The summed E-state index contributed by atoms with van der Waals surface area (Å²) in [5, 5.41) is 15.5. The minimum absolute atomic E-state index is 0.0465. The number of fused-ring (bicyclic) bond motifs is 1. The summed E-state index contributed by atoms with van der Waals surface area (Å²) in [5.41, 5.74) is 2.43. The summed E-state index contributed by atoms with van der Waals surface area (Å²) in [4.78, 5) is 16.6. The van der Waals surface area contributed by atoms with Gasteiger partial charge in [-0.25, -0.2) is 0 Å². The molecule has 0 unspecified atom stereocenters. The van der Waals surface area contributed by atoms with E-state index in [2.05, 4.69) is 34.4 Å². The predicted molar refractivity (Wildman–Crippen MR) is 145 cm³/mol. The lowest BCUT2D eigenvalue weighted by Gasteiger charge is -2.22. The van der Waals surface area contributed by atoms with Crippen LogP contribution >= 0.6 is 11.8 Å². The fourth-order valence-corrected chi connectivity index (χ4v) is 5.42. The third-order valence-corrected chi connectivity index (χ3v) is 7.62. The number of thioether (sulfide) groups is 1. The number of hydrogen-bond acceptors (Lipinski definition) is 6. The molecule has 3 aliphatic rings. The van der Waals surface area contributed by atoms with Crippen LogP contribution < -0.4 is 9.47 Å². The lowest BCUT2D eigenvalue weighted by molar-refractivity contribution is -0.114. The largest absolute Gasteiger partial charge is 0.490 e. The van der Waals surface area contributed by atoms with E-state index in [9.17, 15) is 4.79 Å². The van der Waals surface area contributed by atoms with Crippen LogP contribution in [0, 0.1) is 5.41 Å². The van der Waals surface area contributed by atoms with Crippen molar-refractivity contribution in [1.82, 2.24) is 5.01 Å². The Labute approximate surface area is 215 Å². The Morgan fingerprint density at radius 2 is 1.64 bits per heavy atom. The number of carbonyl (C=O) groups excluding carboxylic acids is 1. The van der Waals surface area contributed by atoms with Gasteiger partial charge in [-0.1, -0.05) is 50.5 Å². The normalized spacial score (nSPS) is 19.2. The van der Waals surface area contributed by atoms with Crippen molar-refractivity contribution >= 4 is 39.8 Å². The molecular weight excluding hydrogens is 472 g/mol. The van der Waals surface area contributed by atoms with Crippen LogP contribution in [0.3, 0.4) is 0 Å². The van der Waals surface area contributed by atoms with E-state index in [4.69, 9.17) is 14.9 Å². The molecule has 0 aromatic heterocycles. The van der Waals surface area contributed by atoms with Gasteiger partial charge in [0.15, 0.2) is 5.84 Å². The zero-order chi connectivity index (χ0) is 24.9. The Bertz CT molecular complexity index is 1210. The number of aliphatic imine (C=N–C) groups is 1. The second-order valence-corrected chi connectivity index (χ2v) is 10.1. The molecule has 36 heavy (non-hydrogen) atoms. The average molecular weight is 503 g/mol. The maximum Gasteiger partial charge on any atom is 0.283 e. The van der Waals surface area contributed by atoms with Gasteiger partial charge in [0, 0.05) is 0 Å². The SMILES string of the molecule is CCC1=NN2C(=N)/C(=C/c3ccc(OCCOc4ccc(C5CCCCC5)cc4)cc3)C(=O)N=C2S1. The van der Waals surface area contributed by atoms with Crippen molar-refractivity contribution in [2.45, 2.75) is 51.4 Å². The standard InChI is InChI=1S/C28H30N4O3S/c1-2-25-31-32-26(29)24(27(33)30-28(32)36-25)18-19-8-12-22(13-9-19)34-16-17-35-23-14-10-21(11-15-23)20-6-4-3-5-7-20/h8-15,18,20,29H,2-7,16-17H2,1H3/b24-18-,29-26?. The van der Waals surface area contributed by atoms with E-state index in [1.54, 1.807) is 6.08 Å². The number of nitrogens with one attached hydrogen (secondary N) is 1. The molecule has 7 nitrogen and oxygen atoms in total. The van der Waals surface area contributed by atoms with E-state index in [-0.39, 0.29) is 11.4 Å². The van der Waals surface area contributed by atoms with Crippen molar-refractivity contribution in [1.29, 1.82) is 5.41 Å². The van der Waals surface area contributed by atoms with Crippen molar-refractivity contribution in [2.75, 3.05) is 13.2 Å². The number of rotatable bonds is 8. The second-order valence-electron chi connectivity index (χ2n) is 9.04. The molecule has 1 N–H and O–H groups in total. The molecule has 186 valence electrons. The summed E-state index contributed by atoms with van der Waals surface area (Å²) in [6.07, 6.45) is 9.03. The number of amidine groups is 2. The summed E-state index contributed by atoms with van der Waals surface area (Å²) in [5.74, 6) is 1.90. The summed E-state index contributed by atoms with van der Waals surface area (Å²) < 4.78 is 11.7. The Kier molecular flexibility index (Phi) is 7.51. The molecule has 2 aromatic carbocycles. The van der Waals surface area contributed by atoms with Crippen LogP contribution in [0.5, 0.6) is 11.5 Å². The van der Waals surface area contributed by atoms with Gasteiger partial charge < -0.3 is 9.47 Å². The molecule has 0 atom stereocenters. The number of nitrogens with zero attached hydrogens (tertiary/aromatic N) is 3. The molecule has 5 rings (SSSR count). The van der Waals surface area contributed by atoms with Gasteiger partial charge in [0.25, 0.3) is 5.91 Å². The highest BCUT2D eigenvalue weighted by Gasteiger charge is 2.35. The minimum Gasteiger partial charge on any atom is -0.490 e. The van der Waals surface area contributed by atoms with Crippen molar-refractivity contribution in [2.24, 2.45) is 10.1 Å². The zero-order valence-corrected chi connectivity index (χ0v) is 21.2. The smallest absolute Gasteiger partial charge is 0.283 e. The van der Waals surface area contributed by atoms with Gasteiger partial charge in [0.1, 0.15) is 29.8 Å². The quantitative estimate of drug-likeness (QED) is 0.342. The van der Waals surface area contributed by atoms with Crippen LogP contribution in [-0.2, 0) is 4.79 Å². The topological polar surface area (TPSA) is 87.3 Å². The molecule has 8 heteroatoms. The first-order valence-electron chi connectivity index (χ1n) is 12.6. The fraction of sp³-hybridized carbons (Fsp3) is 0.357. The molecule has 2 heterocycles. The molecule has 1 aliphatic carbocycles. The first-order valence-corrected chi connectivity index (χ1v) is 13.4. The van der Waals surface area contributed by atoms with E-state index < -0.39 is 5.91 Å². The molecule has 0 radical (unpaired) electrons. The van der Waals surface area contributed by atoms with Crippen LogP contribution in [0.2, 0.25) is 0 Å². The second kappa shape index (κ2) is 11.1. The maximum absolute atomic E-state index is 12.5. The highest BCUT2D eigenvalue weighted by atomic mass is 32.2. The van der Waals surface area contributed by atoms with Crippen LogP contribution in [-0.4, -0.2) is 40.2 Å². The van der Waals surface area contributed by atoms with E-state index >= 15 is 0 Å². The predicted octanol–water partition coefficient (Wildman–Crippen LogP) is 6.22. The minimum atomic E-state index is -0.421. The summed E-state index contributed by atoms with van der Waals surface area (Å²) in [6.45, 7) is 2.86. The summed E-state index contributed by atoms with van der Waals surface area (Å²) in [6, 6.07) is 15.9. The van der Waals surface area contributed by atoms with E-state index in [1.165, 1.54) is 54.4 Å². The van der Waals surface area contributed by atoms with Crippen LogP contribution in [0.1, 0.15) is 62.5 Å². The Morgan fingerprint density at radius 1 is 1.00 bits per heavy atom. The average Bonchev–Trinajstić information content (AvgIpc) is 3.34. The van der Waals surface area contributed by atoms with Gasteiger partial charge >= 0.3 is 0 Å². The van der Waals surface area contributed by atoms with Crippen LogP contribution in [0.15, 0.2) is 64.2 Å². The molecular formula is C28H30N4O3S. The number of hydrazone groups is 1. The highest BCUT2D eigenvalue weighted by Crippen LogP contribution is 2.33. The van der Waals surface area contributed by atoms with Crippen molar-refractivity contribution in [3.8, 4) is 11.5 Å². The number of hydrogen-bond donors (Lipinski definition) is 1. The number of carbonyl (C=O) groups is 1. The Hall–Kier alpha value is -3.39. The van der Waals surface area contributed by atoms with E-state index in [0.29, 0.717) is 30.0 Å². The molecule has 0 bridgehead atoms. The third-order valence-electron chi connectivity index (χ3n) is 6.57. The molecule has 2 aliphatic heterocycles. The fourth-order valence-electron chi connectivity index (χ4n) is 4.59.